The number of benzene rings is 1. The number of hydrogen-bond donors (Lipinski definition) is 1. The van der Waals surface area contributed by atoms with Gasteiger partial charge in [-0.1, -0.05) is 17.7 Å². The van der Waals surface area contributed by atoms with Gasteiger partial charge in [0.2, 0.25) is 5.91 Å². The molecule has 1 aromatic carbocycles. The number of likely N-dealkylation sites (tertiary alicyclic amines) is 1. The fourth-order valence-electron chi connectivity index (χ4n) is 4.89. The number of nitrogens with one attached hydrogen (secondary N) is 1. The van der Waals surface area contributed by atoms with Crippen LogP contribution in [0, 0.1) is 19.8 Å². The van der Waals surface area contributed by atoms with E-state index in [9.17, 15) is 9.59 Å². The number of carbonyl (C=O) groups excluding carboxylic acids is 2. The lowest BCUT2D eigenvalue weighted by molar-refractivity contribution is -0.120. The lowest BCUT2D eigenvalue weighted by Crippen LogP contribution is -2.39. The molecule has 0 unspecified atom stereocenters. The van der Waals surface area contributed by atoms with Gasteiger partial charge in [-0.25, -0.2) is 4.98 Å². The van der Waals surface area contributed by atoms with E-state index in [-0.39, 0.29) is 17.7 Å². The average molecular weight is 498 g/mol. The number of aryl methyl sites for hydroxylation is 2. The topological polar surface area (TPSA) is 78.4 Å². The Morgan fingerprint density at radius 1 is 1.12 bits per heavy atom. The first-order valence-corrected chi connectivity index (χ1v) is 12.9. The molecule has 4 heterocycles. The maximum atomic E-state index is 13.4. The summed E-state index contributed by atoms with van der Waals surface area (Å²) in [7, 11) is 0. The Morgan fingerprint density at radius 3 is 2.56 bits per heavy atom. The lowest BCUT2D eigenvalue weighted by Gasteiger charge is -2.34. The predicted octanol–water partition coefficient (Wildman–Crippen LogP) is 5.05. The van der Waals surface area contributed by atoms with Gasteiger partial charge < -0.3 is 15.1 Å². The van der Waals surface area contributed by atoms with Crippen molar-refractivity contribution in [2.24, 2.45) is 5.92 Å². The van der Waals surface area contributed by atoms with E-state index in [1.807, 2.05) is 30.9 Å². The van der Waals surface area contributed by atoms with Crippen molar-refractivity contribution in [2.75, 3.05) is 36.4 Å². The summed E-state index contributed by atoms with van der Waals surface area (Å²) in [4.78, 5) is 35.9. The van der Waals surface area contributed by atoms with Crippen LogP contribution in [-0.2, 0) is 4.79 Å². The molecule has 9 heteroatoms. The first kappa shape index (κ1) is 23.1. The highest BCUT2D eigenvalue weighted by molar-refractivity contribution is 7.13. The SMILES string of the molecule is Cc1ccc(NC(=O)C2CCN(c3c(C(=O)N4CCCC4)cnc4snc(C)c34)CC2)cc1Cl. The van der Waals surface area contributed by atoms with Gasteiger partial charge in [0.05, 0.1) is 22.3 Å². The second kappa shape index (κ2) is 9.50. The fourth-order valence-corrected chi connectivity index (χ4v) is 5.82. The van der Waals surface area contributed by atoms with Crippen LogP contribution in [0.15, 0.2) is 24.4 Å². The van der Waals surface area contributed by atoms with Crippen LogP contribution in [0.1, 0.15) is 47.3 Å². The van der Waals surface area contributed by atoms with Crippen LogP contribution in [0.3, 0.4) is 0 Å². The van der Waals surface area contributed by atoms with E-state index < -0.39 is 0 Å². The van der Waals surface area contributed by atoms with Gasteiger partial charge in [0.15, 0.2) is 0 Å². The highest BCUT2D eigenvalue weighted by atomic mass is 35.5. The third kappa shape index (κ3) is 4.36. The smallest absolute Gasteiger partial charge is 0.257 e. The summed E-state index contributed by atoms with van der Waals surface area (Å²) in [6.07, 6.45) is 5.23. The van der Waals surface area contributed by atoms with E-state index in [4.69, 9.17) is 11.6 Å². The number of halogens is 1. The second-order valence-corrected chi connectivity index (χ2v) is 10.3. The van der Waals surface area contributed by atoms with E-state index in [2.05, 4.69) is 19.6 Å². The Kier molecular flexibility index (Phi) is 6.44. The van der Waals surface area contributed by atoms with Crippen molar-refractivity contribution in [3.63, 3.8) is 0 Å². The van der Waals surface area contributed by atoms with Crippen molar-refractivity contribution >= 4 is 56.5 Å². The van der Waals surface area contributed by atoms with Gasteiger partial charge in [-0.3, -0.25) is 9.59 Å². The second-order valence-electron chi connectivity index (χ2n) is 9.18. The molecule has 3 aromatic rings. The number of nitrogens with zero attached hydrogens (tertiary/aromatic N) is 4. The minimum absolute atomic E-state index is 0.0150. The Bertz CT molecular complexity index is 1250. The van der Waals surface area contributed by atoms with Gasteiger partial charge in [0, 0.05) is 49.0 Å². The molecule has 2 fully saturated rings. The number of pyridine rings is 1. The van der Waals surface area contributed by atoms with Crippen LogP contribution in [0.5, 0.6) is 0 Å². The van der Waals surface area contributed by atoms with Crippen molar-refractivity contribution in [3.8, 4) is 0 Å². The minimum atomic E-state index is -0.0897. The monoisotopic (exact) mass is 497 g/mol. The minimum Gasteiger partial charge on any atom is -0.370 e. The molecule has 2 amide bonds. The molecule has 1 N–H and O–H groups in total. The van der Waals surface area contributed by atoms with Crippen molar-refractivity contribution < 1.29 is 9.59 Å². The highest BCUT2D eigenvalue weighted by Crippen LogP contribution is 2.37. The molecule has 0 spiro atoms. The summed E-state index contributed by atoms with van der Waals surface area (Å²) in [6, 6.07) is 5.58. The Hall–Kier alpha value is -2.71. The quantitative estimate of drug-likeness (QED) is 0.545. The normalized spacial score (nSPS) is 16.9. The summed E-state index contributed by atoms with van der Waals surface area (Å²) in [5, 5.41) is 4.62. The first-order valence-electron chi connectivity index (χ1n) is 11.8. The van der Waals surface area contributed by atoms with Gasteiger partial charge in [0.1, 0.15) is 4.83 Å². The van der Waals surface area contributed by atoms with E-state index >= 15 is 0 Å². The fraction of sp³-hybridized carbons (Fsp3) is 0.440. The van der Waals surface area contributed by atoms with E-state index in [1.165, 1.54) is 11.5 Å². The molecule has 0 atom stereocenters. The first-order chi connectivity index (χ1) is 16.4. The van der Waals surface area contributed by atoms with Gasteiger partial charge >= 0.3 is 0 Å². The van der Waals surface area contributed by atoms with E-state index in [1.54, 1.807) is 12.3 Å². The van der Waals surface area contributed by atoms with E-state index in [0.717, 1.165) is 58.8 Å². The number of fused-ring (bicyclic) bond motifs is 1. The number of anilines is 2. The molecule has 178 valence electrons. The molecule has 5 rings (SSSR count). The number of rotatable bonds is 4. The molecule has 2 saturated heterocycles. The largest absolute Gasteiger partial charge is 0.370 e. The maximum Gasteiger partial charge on any atom is 0.257 e. The van der Waals surface area contributed by atoms with Crippen molar-refractivity contribution in [1.82, 2.24) is 14.3 Å². The van der Waals surface area contributed by atoms with Crippen molar-refractivity contribution in [1.29, 1.82) is 0 Å². The molecule has 2 aliphatic heterocycles. The van der Waals surface area contributed by atoms with Crippen molar-refractivity contribution in [3.05, 3.63) is 46.2 Å². The van der Waals surface area contributed by atoms with Gasteiger partial charge in [-0.2, -0.15) is 4.37 Å². The average Bonchev–Trinajstić information content (AvgIpc) is 3.51. The standard InChI is InChI=1S/C25H28ClN5O2S/c1-15-5-6-18(13-20(15)26)28-23(32)17-7-11-30(12-8-17)22-19(25(33)31-9-3-4-10-31)14-27-24-21(22)16(2)29-34-24/h5-6,13-14,17H,3-4,7-12H2,1-2H3,(H,28,32). The summed E-state index contributed by atoms with van der Waals surface area (Å²) in [5.41, 5.74) is 4.17. The Labute approximate surface area is 208 Å². The third-order valence-electron chi connectivity index (χ3n) is 6.89. The molecule has 2 aromatic heterocycles. The molecule has 0 saturated carbocycles. The summed E-state index contributed by atoms with van der Waals surface area (Å²) < 4.78 is 4.51. The van der Waals surface area contributed by atoms with Crippen LogP contribution >= 0.6 is 23.1 Å². The summed E-state index contributed by atoms with van der Waals surface area (Å²) in [6.45, 7) is 6.89. The predicted molar refractivity (Wildman–Crippen MR) is 137 cm³/mol. The maximum absolute atomic E-state index is 13.4. The number of aromatic nitrogens is 2. The van der Waals surface area contributed by atoms with Crippen LogP contribution in [0.4, 0.5) is 11.4 Å². The molecule has 0 bridgehead atoms. The van der Waals surface area contributed by atoms with Crippen LogP contribution < -0.4 is 10.2 Å². The van der Waals surface area contributed by atoms with Crippen molar-refractivity contribution in [2.45, 2.75) is 39.5 Å². The summed E-state index contributed by atoms with van der Waals surface area (Å²) >= 11 is 7.58. The van der Waals surface area contributed by atoms with Gasteiger partial charge in [-0.15, -0.1) is 0 Å². The summed E-state index contributed by atoms with van der Waals surface area (Å²) in [5.74, 6) is -0.0297. The van der Waals surface area contributed by atoms with E-state index in [0.29, 0.717) is 36.5 Å². The number of carbonyl (C=O) groups is 2. The number of amides is 2. The molecule has 2 aliphatic rings. The van der Waals surface area contributed by atoms with Gasteiger partial charge in [-0.05, 0) is 68.8 Å². The number of piperidine rings is 1. The van der Waals surface area contributed by atoms with Gasteiger partial charge in [0.25, 0.3) is 5.91 Å². The van der Waals surface area contributed by atoms with Crippen LogP contribution in [-0.4, -0.2) is 52.3 Å². The lowest BCUT2D eigenvalue weighted by atomic mass is 9.94. The zero-order valence-corrected chi connectivity index (χ0v) is 21.0. The molecule has 0 aliphatic carbocycles. The van der Waals surface area contributed by atoms with Crippen LogP contribution in [0.25, 0.3) is 10.2 Å². The molecule has 7 nitrogen and oxygen atoms in total. The zero-order valence-electron chi connectivity index (χ0n) is 19.4. The molecular formula is C25H28ClN5O2S. The highest BCUT2D eigenvalue weighted by Gasteiger charge is 2.31. The third-order valence-corrected chi connectivity index (χ3v) is 8.15. The molecular weight excluding hydrogens is 470 g/mol. The Balaban J connectivity index is 1.36. The molecule has 34 heavy (non-hydrogen) atoms. The number of hydrogen-bond acceptors (Lipinski definition) is 6. The van der Waals surface area contributed by atoms with Crippen LogP contribution in [0.2, 0.25) is 5.02 Å². The zero-order chi connectivity index (χ0) is 23.8. The Morgan fingerprint density at radius 2 is 1.85 bits per heavy atom. The molecule has 0 radical (unpaired) electrons.